The molecular weight excluding hydrogens is 726 g/mol. The highest BCUT2D eigenvalue weighted by molar-refractivity contribution is 5.71. The lowest BCUT2D eigenvalue weighted by molar-refractivity contribution is -0.397. The van der Waals surface area contributed by atoms with Gasteiger partial charge in [0.15, 0.2) is 0 Å². The molecule has 0 unspecified atom stereocenters. The molecule has 0 N–H and O–H groups in total. The highest BCUT2D eigenvalue weighted by Crippen LogP contribution is 2.55. The van der Waals surface area contributed by atoms with Crippen molar-refractivity contribution in [2.45, 2.75) is 112 Å². The number of carbonyl (C=O) groups is 2. The fourth-order valence-corrected chi connectivity index (χ4v) is 3.11. The Balaban J connectivity index is 4.80. The Kier molecular flexibility index (Phi) is 14.1. The van der Waals surface area contributed by atoms with E-state index in [0.29, 0.717) is 0 Å². The molecule has 0 aromatic heterocycles. The summed E-state index contributed by atoms with van der Waals surface area (Å²) in [6.07, 6.45) is -19.9. The van der Waals surface area contributed by atoms with Crippen LogP contribution in [0.3, 0.4) is 0 Å². The van der Waals surface area contributed by atoms with Gasteiger partial charge in [0, 0.05) is 0 Å². The summed E-state index contributed by atoms with van der Waals surface area (Å²) in [6.45, 7) is 0.0330. The van der Waals surface area contributed by atoms with Gasteiger partial charge in [0.05, 0.1) is 50.3 Å². The summed E-state index contributed by atoms with van der Waals surface area (Å²) >= 11 is 0. The van der Waals surface area contributed by atoms with E-state index in [9.17, 15) is 88.6 Å². The average molecular weight is 754 g/mol. The number of alkyl halides is 18. The van der Waals surface area contributed by atoms with Crippen LogP contribution in [0.1, 0.15) is 53.4 Å². The van der Waals surface area contributed by atoms with Gasteiger partial charge in [-0.2, -0.15) is 79.0 Å². The largest absolute Gasteiger partial charge is 0.465 e. The third kappa shape index (κ3) is 11.1. The number of rotatable bonds is 19. The molecule has 0 aromatic rings. The second-order valence-electron chi connectivity index (χ2n) is 11.2. The molecule has 0 aromatic carbocycles. The quantitative estimate of drug-likeness (QED) is 0.0980. The summed E-state index contributed by atoms with van der Waals surface area (Å²) in [4.78, 5) is 23.5. The Morgan fingerprint density at radius 1 is 0.438 bits per heavy atom. The van der Waals surface area contributed by atoms with Crippen LogP contribution in [0.2, 0.25) is 0 Å². The van der Waals surface area contributed by atoms with Crippen molar-refractivity contribution in [3.8, 4) is 0 Å². The number of hydrogen-bond acceptors (Lipinski definition) is 6. The van der Waals surface area contributed by atoms with Gasteiger partial charge in [-0.15, -0.1) is 0 Å². The molecule has 0 heterocycles. The molecule has 0 amide bonds. The third-order valence-corrected chi connectivity index (χ3v) is 6.13. The van der Waals surface area contributed by atoms with Crippen LogP contribution >= 0.6 is 0 Å². The van der Waals surface area contributed by atoms with E-state index in [4.69, 9.17) is 9.47 Å². The Labute approximate surface area is 259 Å². The molecule has 0 rings (SSSR count). The summed E-state index contributed by atoms with van der Waals surface area (Å²) in [5.41, 5.74) is -2.92. The first-order valence-electron chi connectivity index (χ1n) is 12.9. The second kappa shape index (κ2) is 14.8. The molecule has 0 spiro atoms. The van der Waals surface area contributed by atoms with Crippen LogP contribution in [0, 0.1) is 0 Å². The van der Waals surface area contributed by atoms with Crippen molar-refractivity contribution in [3.63, 3.8) is 0 Å². The number of ether oxygens (including phenoxy) is 4. The Morgan fingerprint density at radius 2 is 0.792 bits per heavy atom. The monoisotopic (exact) mass is 754 g/mol. The maximum atomic E-state index is 13.5. The normalized spacial score (nSPS) is 15.0. The molecule has 0 aliphatic rings. The van der Waals surface area contributed by atoms with Crippen LogP contribution in [0.4, 0.5) is 79.0 Å². The molecule has 0 bridgehead atoms. The molecule has 0 aliphatic carbocycles. The van der Waals surface area contributed by atoms with E-state index in [2.05, 4.69) is 9.47 Å². The fourth-order valence-electron chi connectivity index (χ4n) is 3.11. The van der Waals surface area contributed by atoms with Gasteiger partial charge in [-0.1, -0.05) is 0 Å². The first-order chi connectivity index (χ1) is 20.9. The Bertz CT molecular complexity index is 1080. The smallest absolute Gasteiger partial charge is 0.460 e. The van der Waals surface area contributed by atoms with Gasteiger partial charge in [0.25, 0.3) is 0 Å². The van der Waals surface area contributed by atoms with Gasteiger partial charge in [0.1, 0.15) is 6.61 Å². The fraction of sp³-hybridized carbons (Fsp3) is 0.917. The first-order valence-corrected chi connectivity index (χ1v) is 12.9. The van der Waals surface area contributed by atoms with Crippen LogP contribution in [0.5, 0.6) is 0 Å². The van der Waals surface area contributed by atoms with Crippen molar-refractivity contribution in [3.05, 3.63) is 0 Å². The molecule has 0 fully saturated rings. The summed E-state index contributed by atoms with van der Waals surface area (Å²) in [6, 6.07) is 0. The van der Waals surface area contributed by atoms with E-state index in [1.165, 1.54) is 27.7 Å². The highest BCUT2D eigenvalue weighted by Gasteiger charge is 2.82. The second-order valence-corrected chi connectivity index (χ2v) is 11.2. The van der Waals surface area contributed by atoms with E-state index in [-0.39, 0.29) is 13.0 Å². The summed E-state index contributed by atoms with van der Waals surface area (Å²) < 4.78 is 250. The molecule has 0 radical (unpaired) electrons. The van der Waals surface area contributed by atoms with Crippen LogP contribution in [-0.2, 0) is 28.5 Å². The molecule has 286 valence electrons. The molecular formula is C24H28F18O6. The van der Waals surface area contributed by atoms with Crippen LogP contribution in [0.25, 0.3) is 0 Å². The topological polar surface area (TPSA) is 71.1 Å². The molecule has 48 heavy (non-hydrogen) atoms. The zero-order chi connectivity index (χ0) is 38.6. The van der Waals surface area contributed by atoms with E-state index < -0.39 is 110 Å². The number of carbonyl (C=O) groups excluding carboxylic acids is 2. The van der Waals surface area contributed by atoms with Crippen molar-refractivity contribution in [1.82, 2.24) is 0 Å². The average Bonchev–Trinajstić information content (AvgIpc) is 2.84. The summed E-state index contributed by atoms with van der Waals surface area (Å²) in [5, 5.41) is 0. The van der Waals surface area contributed by atoms with Crippen molar-refractivity contribution in [2.24, 2.45) is 0 Å². The van der Waals surface area contributed by atoms with Crippen molar-refractivity contribution < 1.29 is 108 Å². The zero-order valence-electron chi connectivity index (χ0n) is 24.9. The molecule has 0 aliphatic heterocycles. The summed E-state index contributed by atoms with van der Waals surface area (Å²) in [5.74, 6) is -43.0. The standard InChI is InChI=1S/C24H28F18O6/c1-15(2,48-12-14(44)46-9-7-18(27,28)20(31,32)22(35,36)24(40,41)42)5-10-47-16(3,4)11-13(43)45-8-6-17(25,26)19(29,30)21(33,34)23(37,38)39/h5-12H2,1-4H3. The molecule has 24 heteroatoms. The maximum absolute atomic E-state index is 13.5. The van der Waals surface area contributed by atoms with E-state index >= 15 is 0 Å². The van der Waals surface area contributed by atoms with Gasteiger partial charge in [-0.05, 0) is 34.1 Å². The van der Waals surface area contributed by atoms with Gasteiger partial charge in [-0.3, -0.25) is 4.79 Å². The lowest BCUT2D eigenvalue weighted by Gasteiger charge is -2.33. The minimum Gasteiger partial charge on any atom is -0.465 e. The molecule has 6 nitrogen and oxygen atoms in total. The van der Waals surface area contributed by atoms with Crippen LogP contribution in [0.15, 0.2) is 0 Å². The predicted octanol–water partition coefficient (Wildman–Crippen LogP) is 8.16. The molecule has 0 saturated heterocycles. The van der Waals surface area contributed by atoms with Crippen molar-refractivity contribution >= 4 is 11.9 Å². The number of hydrogen-bond donors (Lipinski definition) is 0. The van der Waals surface area contributed by atoms with E-state index in [1.807, 2.05) is 0 Å². The highest BCUT2D eigenvalue weighted by atomic mass is 19.4. The van der Waals surface area contributed by atoms with Gasteiger partial charge < -0.3 is 18.9 Å². The van der Waals surface area contributed by atoms with Gasteiger partial charge in [-0.25, -0.2) is 4.79 Å². The minimum absolute atomic E-state index is 0.190. The summed E-state index contributed by atoms with van der Waals surface area (Å²) in [7, 11) is 0. The van der Waals surface area contributed by atoms with Crippen molar-refractivity contribution in [2.75, 3.05) is 26.4 Å². The molecule has 0 atom stereocenters. The lowest BCUT2D eigenvalue weighted by Crippen LogP contribution is -2.61. The third-order valence-electron chi connectivity index (χ3n) is 6.13. The number of halogens is 18. The lowest BCUT2D eigenvalue weighted by atomic mass is 10.0. The van der Waals surface area contributed by atoms with Gasteiger partial charge in [0.2, 0.25) is 0 Å². The van der Waals surface area contributed by atoms with Gasteiger partial charge >= 0.3 is 59.8 Å². The van der Waals surface area contributed by atoms with Crippen LogP contribution < -0.4 is 0 Å². The minimum atomic E-state index is -7.12. The Hall–Kier alpha value is -2.40. The molecule has 0 saturated carbocycles. The number of esters is 2. The zero-order valence-corrected chi connectivity index (χ0v) is 24.9. The van der Waals surface area contributed by atoms with E-state index in [0.717, 1.165) is 0 Å². The SMILES string of the molecule is CC(C)(CCOC(C)(C)CC(=O)OCCC(F)(F)C(F)(F)C(F)(F)C(F)(F)F)OCC(=O)OCCC(F)(F)C(F)(F)C(F)(F)C(F)(F)F. The Morgan fingerprint density at radius 3 is 1.15 bits per heavy atom. The van der Waals surface area contributed by atoms with Crippen LogP contribution in [-0.4, -0.2) is 97.5 Å². The maximum Gasteiger partial charge on any atom is 0.460 e. The van der Waals surface area contributed by atoms with E-state index in [1.54, 1.807) is 0 Å². The predicted molar refractivity (Wildman–Crippen MR) is 122 cm³/mol. The van der Waals surface area contributed by atoms with Crippen molar-refractivity contribution in [1.29, 1.82) is 0 Å². The first kappa shape index (κ1) is 45.6.